The van der Waals surface area contributed by atoms with E-state index in [1.807, 2.05) is 50.1 Å². The molecule has 174 valence electrons. The van der Waals surface area contributed by atoms with Crippen molar-refractivity contribution in [1.82, 2.24) is 25.0 Å². The second kappa shape index (κ2) is 9.63. The maximum atomic E-state index is 13.3. The van der Waals surface area contributed by atoms with Gasteiger partial charge in [0, 0.05) is 54.9 Å². The monoisotopic (exact) mass is 439 g/mol. The van der Waals surface area contributed by atoms with Crippen LogP contribution in [0.4, 0.5) is 0 Å². The van der Waals surface area contributed by atoms with E-state index in [9.17, 15) is 9.59 Å². The number of nitrogens with one attached hydrogen (secondary N) is 2. The number of nitrogens with zero attached hydrogens (tertiary/aromatic N) is 3. The maximum absolute atomic E-state index is 13.3. The zero-order chi connectivity index (χ0) is 22.8. The number of aromatic nitrogens is 1. The molecule has 0 radical (unpaired) electrons. The number of piperidine rings is 1. The van der Waals surface area contributed by atoms with Crippen LogP contribution < -0.4 is 5.32 Å². The molecular weight excluding hydrogens is 402 g/mol. The van der Waals surface area contributed by atoms with Crippen LogP contribution in [0, 0.1) is 12.8 Å². The SMILES string of the molecule is Cc1c[nH]c2cc(C(=O)N[C@@H](C(=O)N3CCN(C4CCN(C)CC4)CC3)C(C)C)ccc12. The van der Waals surface area contributed by atoms with E-state index in [2.05, 4.69) is 27.1 Å². The zero-order valence-corrected chi connectivity index (χ0v) is 19.9. The van der Waals surface area contributed by atoms with E-state index in [-0.39, 0.29) is 17.7 Å². The molecule has 2 amide bonds. The Morgan fingerprint density at radius 2 is 1.75 bits per heavy atom. The topological polar surface area (TPSA) is 71.7 Å². The third-order valence-corrected chi connectivity index (χ3v) is 7.20. The molecule has 32 heavy (non-hydrogen) atoms. The van der Waals surface area contributed by atoms with Crippen molar-refractivity contribution >= 4 is 22.7 Å². The summed E-state index contributed by atoms with van der Waals surface area (Å²) in [6.45, 7) is 11.6. The summed E-state index contributed by atoms with van der Waals surface area (Å²) in [5, 5.41) is 4.13. The number of fused-ring (bicyclic) bond motifs is 1. The van der Waals surface area contributed by atoms with Gasteiger partial charge in [-0.2, -0.15) is 0 Å². The van der Waals surface area contributed by atoms with Gasteiger partial charge in [0.1, 0.15) is 6.04 Å². The minimum Gasteiger partial charge on any atom is -0.361 e. The fourth-order valence-electron chi connectivity index (χ4n) is 5.01. The molecule has 0 aliphatic carbocycles. The van der Waals surface area contributed by atoms with Crippen LogP contribution in [0.15, 0.2) is 24.4 Å². The predicted octanol–water partition coefficient (Wildman–Crippen LogP) is 2.47. The molecule has 2 aromatic rings. The quantitative estimate of drug-likeness (QED) is 0.751. The maximum Gasteiger partial charge on any atom is 0.252 e. The highest BCUT2D eigenvalue weighted by atomic mass is 16.2. The molecule has 4 rings (SSSR count). The van der Waals surface area contributed by atoms with E-state index in [0.29, 0.717) is 11.6 Å². The Balaban J connectivity index is 1.36. The number of piperazine rings is 1. The van der Waals surface area contributed by atoms with Crippen LogP contribution in [-0.2, 0) is 4.79 Å². The van der Waals surface area contributed by atoms with Crippen molar-refractivity contribution in [1.29, 1.82) is 0 Å². The van der Waals surface area contributed by atoms with Gasteiger partial charge in [-0.1, -0.05) is 19.9 Å². The molecule has 2 saturated heterocycles. The highest BCUT2D eigenvalue weighted by molar-refractivity contribution is 6.00. The van der Waals surface area contributed by atoms with Gasteiger partial charge in [-0.05, 0) is 63.5 Å². The molecule has 2 N–H and O–H groups in total. The molecule has 7 heteroatoms. The molecule has 1 aromatic heterocycles. The van der Waals surface area contributed by atoms with Crippen LogP contribution in [0.1, 0.15) is 42.6 Å². The third kappa shape index (κ3) is 4.84. The van der Waals surface area contributed by atoms with Gasteiger partial charge in [-0.3, -0.25) is 14.5 Å². The molecule has 1 aromatic carbocycles. The van der Waals surface area contributed by atoms with Crippen LogP contribution in [0.5, 0.6) is 0 Å². The largest absolute Gasteiger partial charge is 0.361 e. The number of likely N-dealkylation sites (tertiary alicyclic amines) is 1. The molecule has 3 heterocycles. The van der Waals surface area contributed by atoms with Crippen LogP contribution in [-0.4, -0.2) is 89.9 Å². The first kappa shape index (κ1) is 22.8. The number of carbonyl (C=O) groups excluding carboxylic acids is 2. The summed E-state index contributed by atoms with van der Waals surface area (Å²) in [4.78, 5) is 36.4. The standard InChI is InChI=1S/C25H37N5O2/c1-17(2)23(27-24(31)19-5-6-21-18(3)16-26-22(21)15-19)25(32)30-13-11-29(12-14-30)20-7-9-28(4)10-8-20/h5-6,15-17,20,23,26H,7-14H2,1-4H3,(H,27,31)/t23-/m1/s1. The molecular formula is C25H37N5O2. The summed E-state index contributed by atoms with van der Waals surface area (Å²) in [6.07, 6.45) is 4.36. The Morgan fingerprint density at radius 1 is 1.06 bits per heavy atom. The van der Waals surface area contributed by atoms with Crippen molar-refractivity contribution in [2.75, 3.05) is 46.3 Å². The third-order valence-electron chi connectivity index (χ3n) is 7.20. The highest BCUT2D eigenvalue weighted by Crippen LogP contribution is 2.20. The van der Waals surface area contributed by atoms with E-state index >= 15 is 0 Å². The first-order valence-corrected chi connectivity index (χ1v) is 11.9. The van der Waals surface area contributed by atoms with Gasteiger partial charge < -0.3 is 20.1 Å². The highest BCUT2D eigenvalue weighted by Gasteiger charge is 2.33. The van der Waals surface area contributed by atoms with Crippen molar-refractivity contribution in [2.24, 2.45) is 5.92 Å². The van der Waals surface area contributed by atoms with Crippen molar-refractivity contribution in [3.63, 3.8) is 0 Å². The average molecular weight is 440 g/mol. The van der Waals surface area contributed by atoms with Crippen molar-refractivity contribution < 1.29 is 9.59 Å². The first-order valence-electron chi connectivity index (χ1n) is 11.9. The summed E-state index contributed by atoms with van der Waals surface area (Å²) < 4.78 is 0. The summed E-state index contributed by atoms with van der Waals surface area (Å²) in [5.74, 6) is -0.140. The number of rotatable bonds is 5. The van der Waals surface area contributed by atoms with Gasteiger partial charge in [0.2, 0.25) is 5.91 Å². The van der Waals surface area contributed by atoms with E-state index in [4.69, 9.17) is 0 Å². The number of H-pyrrole nitrogens is 1. The van der Waals surface area contributed by atoms with E-state index in [1.165, 1.54) is 12.8 Å². The fourth-order valence-corrected chi connectivity index (χ4v) is 5.01. The molecule has 0 saturated carbocycles. The second-order valence-corrected chi connectivity index (χ2v) is 9.82. The van der Waals surface area contributed by atoms with Crippen LogP contribution in [0.25, 0.3) is 10.9 Å². The van der Waals surface area contributed by atoms with Crippen molar-refractivity contribution in [3.05, 3.63) is 35.5 Å². The van der Waals surface area contributed by atoms with Gasteiger partial charge in [-0.25, -0.2) is 0 Å². The lowest BCUT2D eigenvalue weighted by Gasteiger charge is -2.43. The lowest BCUT2D eigenvalue weighted by molar-refractivity contribution is -0.136. The van der Waals surface area contributed by atoms with Crippen LogP contribution in [0.3, 0.4) is 0 Å². The lowest BCUT2D eigenvalue weighted by Crippen LogP contribution is -2.58. The molecule has 1 atom stereocenters. The Morgan fingerprint density at radius 3 is 2.41 bits per heavy atom. The molecule has 0 bridgehead atoms. The normalized spacial score (nSPS) is 20.1. The number of carbonyl (C=O) groups is 2. The Kier molecular flexibility index (Phi) is 6.86. The molecule has 2 fully saturated rings. The van der Waals surface area contributed by atoms with E-state index < -0.39 is 6.04 Å². The van der Waals surface area contributed by atoms with Gasteiger partial charge in [0.05, 0.1) is 0 Å². The summed E-state index contributed by atoms with van der Waals surface area (Å²) in [7, 11) is 2.18. The minimum absolute atomic E-state index is 0.0230. The van der Waals surface area contributed by atoms with Crippen LogP contribution >= 0.6 is 0 Å². The van der Waals surface area contributed by atoms with Crippen LogP contribution in [0.2, 0.25) is 0 Å². The molecule has 2 aliphatic rings. The number of aryl methyl sites for hydroxylation is 1. The molecule has 0 spiro atoms. The smallest absolute Gasteiger partial charge is 0.252 e. The van der Waals surface area contributed by atoms with Gasteiger partial charge in [0.25, 0.3) is 5.91 Å². The molecule has 0 unspecified atom stereocenters. The van der Waals surface area contributed by atoms with Gasteiger partial charge in [-0.15, -0.1) is 0 Å². The van der Waals surface area contributed by atoms with E-state index in [0.717, 1.165) is 55.7 Å². The Hall–Kier alpha value is -2.38. The van der Waals surface area contributed by atoms with Crippen molar-refractivity contribution in [2.45, 2.75) is 45.7 Å². The van der Waals surface area contributed by atoms with Gasteiger partial charge >= 0.3 is 0 Å². The van der Waals surface area contributed by atoms with E-state index in [1.54, 1.807) is 0 Å². The summed E-state index contributed by atoms with van der Waals surface area (Å²) >= 11 is 0. The number of amides is 2. The van der Waals surface area contributed by atoms with Gasteiger partial charge in [0.15, 0.2) is 0 Å². The average Bonchev–Trinajstić information content (AvgIpc) is 3.17. The summed E-state index contributed by atoms with van der Waals surface area (Å²) in [6, 6.07) is 5.78. The first-order chi connectivity index (χ1) is 15.3. The number of benzene rings is 1. The minimum atomic E-state index is -0.515. The number of hydrogen-bond donors (Lipinski definition) is 2. The molecule has 7 nitrogen and oxygen atoms in total. The number of aromatic amines is 1. The van der Waals surface area contributed by atoms with Crippen molar-refractivity contribution in [3.8, 4) is 0 Å². The Labute approximate surface area is 191 Å². The second-order valence-electron chi connectivity index (χ2n) is 9.82. The number of hydrogen-bond acceptors (Lipinski definition) is 4. The Bertz CT molecular complexity index is 952. The fraction of sp³-hybridized carbons (Fsp3) is 0.600. The zero-order valence-electron chi connectivity index (χ0n) is 19.9. The lowest BCUT2D eigenvalue weighted by atomic mass is 10.0. The molecule has 2 aliphatic heterocycles. The predicted molar refractivity (Wildman–Crippen MR) is 128 cm³/mol. The summed E-state index contributed by atoms with van der Waals surface area (Å²) in [5.41, 5.74) is 2.67.